The standard InChI is InChI=1S/C17H25F2N/c1-4-20-16(13-6-5-9-17(13,2)3)11-12-7-8-14(18)15(19)10-12/h7-8,10,13,16,20H,4-6,9,11H2,1-3H3. The predicted molar refractivity (Wildman–Crippen MR) is 78.6 cm³/mol. The van der Waals surface area contributed by atoms with Crippen LogP contribution in [0.15, 0.2) is 18.2 Å². The number of benzene rings is 1. The molecule has 1 saturated carbocycles. The molecule has 0 radical (unpaired) electrons. The first-order valence-electron chi connectivity index (χ1n) is 7.61. The van der Waals surface area contributed by atoms with E-state index in [1.165, 1.54) is 31.4 Å². The fourth-order valence-electron chi connectivity index (χ4n) is 3.64. The summed E-state index contributed by atoms with van der Waals surface area (Å²) in [6.45, 7) is 7.64. The number of rotatable bonds is 5. The maximum absolute atomic E-state index is 13.3. The Labute approximate surface area is 120 Å². The van der Waals surface area contributed by atoms with Gasteiger partial charge < -0.3 is 5.32 Å². The molecule has 0 heterocycles. The van der Waals surface area contributed by atoms with Crippen LogP contribution in [-0.2, 0) is 6.42 Å². The minimum atomic E-state index is -0.769. The highest BCUT2D eigenvalue weighted by atomic mass is 19.2. The Morgan fingerprint density at radius 1 is 1.30 bits per heavy atom. The zero-order valence-corrected chi connectivity index (χ0v) is 12.7. The summed E-state index contributed by atoms with van der Waals surface area (Å²) in [6.07, 6.45) is 4.49. The van der Waals surface area contributed by atoms with Crippen LogP contribution in [0.1, 0.15) is 45.6 Å². The second kappa shape index (κ2) is 6.21. The van der Waals surface area contributed by atoms with Crippen molar-refractivity contribution in [2.75, 3.05) is 6.54 Å². The van der Waals surface area contributed by atoms with Crippen molar-refractivity contribution in [2.24, 2.45) is 11.3 Å². The Kier molecular flexibility index (Phi) is 4.79. The van der Waals surface area contributed by atoms with Crippen LogP contribution in [0.4, 0.5) is 8.78 Å². The fourth-order valence-corrected chi connectivity index (χ4v) is 3.64. The molecule has 3 heteroatoms. The molecule has 0 amide bonds. The molecule has 1 nitrogen and oxygen atoms in total. The molecule has 20 heavy (non-hydrogen) atoms. The van der Waals surface area contributed by atoms with E-state index in [1.807, 2.05) is 0 Å². The van der Waals surface area contributed by atoms with Crippen LogP contribution < -0.4 is 5.32 Å². The van der Waals surface area contributed by atoms with Gasteiger partial charge in [-0.25, -0.2) is 8.78 Å². The molecule has 1 fully saturated rings. The summed E-state index contributed by atoms with van der Waals surface area (Å²) in [5.74, 6) is -0.922. The SMILES string of the molecule is CCNC(Cc1ccc(F)c(F)c1)C1CCCC1(C)C. The third-order valence-corrected chi connectivity index (χ3v) is 4.73. The average molecular weight is 281 g/mol. The first-order valence-corrected chi connectivity index (χ1v) is 7.61. The first kappa shape index (κ1) is 15.4. The van der Waals surface area contributed by atoms with Crippen molar-refractivity contribution in [1.82, 2.24) is 5.32 Å². The van der Waals surface area contributed by atoms with Gasteiger partial charge in [-0.05, 0) is 54.8 Å². The normalized spacial score (nSPS) is 22.9. The summed E-state index contributed by atoms with van der Waals surface area (Å²) in [6, 6.07) is 4.60. The molecule has 0 bridgehead atoms. The predicted octanol–water partition coefficient (Wildman–Crippen LogP) is 4.31. The van der Waals surface area contributed by atoms with Gasteiger partial charge in [0.25, 0.3) is 0 Å². The van der Waals surface area contributed by atoms with Crippen LogP contribution in [0.3, 0.4) is 0 Å². The van der Waals surface area contributed by atoms with Crippen molar-refractivity contribution in [3.05, 3.63) is 35.4 Å². The van der Waals surface area contributed by atoms with Crippen molar-refractivity contribution in [3.63, 3.8) is 0 Å². The summed E-state index contributed by atoms with van der Waals surface area (Å²) in [7, 11) is 0. The Morgan fingerprint density at radius 3 is 2.60 bits per heavy atom. The second-order valence-corrected chi connectivity index (χ2v) is 6.60. The number of likely N-dealkylation sites (N-methyl/N-ethyl adjacent to an activating group) is 1. The van der Waals surface area contributed by atoms with Crippen molar-refractivity contribution >= 4 is 0 Å². The van der Waals surface area contributed by atoms with E-state index in [0.29, 0.717) is 17.4 Å². The maximum Gasteiger partial charge on any atom is 0.159 e. The topological polar surface area (TPSA) is 12.0 Å². The maximum atomic E-state index is 13.3. The quantitative estimate of drug-likeness (QED) is 0.848. The van der Waals surface area contributed by atoms with E-state index < -0.39 is 11.6 Å². The van der Waals surface area contributed by atoms with Crippen molar-refractivity contribution in [3.8, 4) is 0 Å². The molecule has 2 atom stereocenters. The van der Waals surface area contributed by atoms with E-state index in [4.69, 9.17) is 0 Å². The van der Waals surface area contributed by atoms with Crippen LogP contribution in [0.2, 0.25) is 0 Å². The Morgan fingerprint density at radius 2 is 2.05 bits per heavy atom. The van der Waals surface area contributed by atoms with Crippen LogP contribution in [-0.4, -0.2) is 12.6 Å². The van der Waals surface area contributed by atoms with E-state index >= 15 is 0 Å². The van der Waals surface area contributed by atoms with Crippen LogP contribution in [0.5, 0.6) is 0 Å². The smallest absolute Gasteiger partial charge is 0.159 e. The highest BCUT2D eigenvalue weighted by molar-refractivity contribution is 5.19. The lowest BCUT2D eigenvalue weighted by Gasteiger charge is -2.35. The van der Waals surface area contributed by atoms with Gasteiger partial charge in [0, 0.05) is 6.04 Å². The molecule has 1 aromatic rings. The molecule has 2 unspecified atom stereocenters. The molecule has 1 N–H and O–H groups in total. The monoisotopic (exact) mass is 281 g/mol. The van der Waals surface area contributed by atoms with E-state index in [2.05, 4.69) is 26.1 Å². The minimum absolute atomic E-state index is 0.325. The minimum Gasteiger partial charge on any atom is -0.314 e. The Hall–Kier alpha value is -0.960. The molecule has 0 saturated heterocycles. The summed E-state index contributed by atoms with van der Waals surface area (Å²) >= 11 is 0. The summed E-state index contributed by atoms with van der Waals surface area (Å²) in [5.41, 5.74) is 1.20. The lowest BCUT2D eigenvalue weighted by atomic mass is 9.76. The zero-order valence-electron chi connectivity index (χ0n) is 12.7. The van der Waals surface area contributed by atoms with Gasteiger partial charge in [-0.3, -0.25) is 0 Å². The summed E-state index contributed by atoms with van der Waals surface area (Å²) in [4.78, 5) is 0. The highest BCUT2D eigenvalue weighted by Crippen LogP contribution is 2.44. The molecular formula is C17H25F2N. The molecule has 0 aliphatic heterocycles. The summed E-state index contributed by atoms with van der Waals surface area (Å²) in [5, 5.41) is 3.55. The van der Waals surface area contributed by atoms with Gasteiger partial charge in [-0.1, -0.05) is 33.3 Å². The van der Waals surface area contributed by atoms with Gasteiger partial charge in [-0.2, -0.15) is 0 Å². The first-order chi connectivity index (χ1) is 9.44. The molecule has 1 aliphatic carbocycles. The van der Waals surface area contributed by atoms with Gasteiger partial charge in [0.2, 0.25) is 0 Å². The summed E-state index contributed by atoms with van der Waals surface area (Å²) < 4.78 is 26.4. The molecule has 0 spiro atoms. The molecule has 0 aromatic heterocycles. The van der Waals surface area contributed by atoms with Gasteiger partial charge in [-0.15, -0.1) is 0 Å². The third kappa shape index (κ3) is 3.38. The van der Waals surface area contributed by atoms with E-state index in [9.17, 15) is 8.78 Å². The van der Waals surface area contributed by atoms with Crippen molar-refractivity contribution in [1.29, 1.82) is 0 Å². The molecule has 1 aromatic carbocycles. The van der Waals surface area contributed by atoms with Gasteiger partial charge >= 0.3 is 0 Å². The number of hydrogen-bond donors (Lipinski definition) is 1. The largest absolute Gasteiger partial charge is 0.314 e. The molecule has 112 valence electrons. The number of halogens is 2. The van der Waals surface area contributed by atoms with Crippen molar-refractivity contribution < 1.29 is 8.78 Å². The number of nitrogens with one attached hydrogen (secondary N) is 1. The van der Waals surface area contributed by atoms with E-state index in [-0.39, 0.29) is 0 Å². The van der Waals surface area contributed by atoms with Gasteiger partial charge in [0.1, 0.15) is 0 Å². The molecular weight excluding hydrogens is 256 g/mol. The van der Waals surface area contributed by atoms with E-state index in [1.54, 1.807) is 6.07 Å². The Bertz CT molecular complexity index is 456. The van der Waals surface area contributed by atoms with E-state index in [0.717, 1.165) is 18.5 Å². The van der Waals surface area contributed by atoms with Gasteiger partial charge in [0.15, 0.2) is 11.6 Å². The van der Waals surface area contributed by atoms with Gasteiger partial charge in [0.05, 0.1) is 0 Å². The van der Waals surface area contributed by atoms with Crippen LogP contribution >= 0.6 is 0 Å². The lowest BCUT2D eigenvalue weighted by molar-refractivity contribution is 0.197. The third-order valence-electron chi connectivity index (χ3n) is 4.73. The number of hydrogen-bond acceptors (Lipinski definition) is 1. The highest BCUT2D eigenvalue weighted by Gasteiger charge is 2.39. The van der Waals surface area contributed by atoms with Crippen molar-refractivity contribution in [2.45, 2.75) is 52.5 Å². The lowest BCUT2D eigenvalue weighted by Crippen LogP contribution is -2.42. The fraction of sp³-hybridized carbons (Fsp3) is 0.647. The van der Waals surface area contributed by atoms with Crippen LogP contribution in [0.25, 0.3) is 0 Å². The van der Waals surface area contributed by atoms with Crippen LogP contribution in [0, 0.1) is 23.0 Å². The average Bonchev–Trinajstić information content (AvgIpc) is 2.73. The molecule has 1 aliphatic rings. The second-order valence-electron chi connectivity index (χ2n) is 6.60. The Balaban J connectivity index is 2.14. The zero-order chi connectivity index (χ0) is 14.8. The molecule has 2 rings (SSSR count).